The molecule has 0 bridgehead atoms. The molecular weight excluding hydrogens is 280 g/mol. The highest BCUT2D eigenvalue weighted by Gasteiger charge is 2.36. The molecule has 2 aliphatic rings. The standard InChI is InChI=1S/C17H22N2O3/c1-18-16(20)15-11-19(13-9-5-6-10-14(13)22-15)17(21)12-7-3-2-4-8-12/h5-6,9-10,12,15H,2-4,7-8,11H2,1H3,(H,18,20)/t15-/m0/s1. The molecule has 1 atom stereocenters. The van der Waals surface area contributed by atoms with E-state index in [0.29, 0.717) is 5.75 Å². The molecule has 1 aromatic carbocycles. The lowest BCUT2D eigenvalue weighted by atomic mass is 9.88. The molecule has 2 amide bonds. The third-order valence-corrected chi connectivity index (χ3v) is 4.53. The summed E-state index contributed by atoms with van der Waals surface area (Å²) in [6, 6.07) is 7.44. The highest BCUT2D eigenvalue weighted by molar-refractivity contribution is 5.98. The van der Waals surface area contributed by atoms with E-state index in [0.717, 1.165) is 31.4 Å². The number of amides is 2. The van der Waals surface area contributed by atoms with Crippen molar-refractivity contribution in [3.63, 3.8) is 0 Å². The van der Waals surface area contributed by atoms with Crippen molar-refractivity contribution < 1.29 is 14.3 Å². The Hall–Kier alpha value is -2.04. The van der Waals surface area contributed by atoms with Crippen molar-refractivity contribution in [3.8, 4) is 5.75 Å². The van der Waals surface area contributed by atoms with E-state index in [1.807, 2.05) is 24.3 Å². The smallest absolute Gasteiger partial charge is 0.262 e. The Bertz CT molecular complexity index is 567. The van der Waals surface area contributed by atoms with Gasteiger partial charge >= 0.3 is 0 Å². The quantitative estimate of drug-likeness (QED) is 0.910. The monoisotopic (exact) mass is 302 g/mol. The molecule has 3 rings (SSSR count). The zero-order valence-electron chi connectivity index (χ0n) is 12.9. The summed E-state index contributed by atoms with van der Waals surface area (Å²) in [6.07, 6.45) is 4.69. The van der Waals surface area contributed by atoms with Gasteiger partial charge in [0, 0.05) is 13.0 Å². The molecule has 1 aromatic rings. The van der Waals surface area contributed by atoms with Crippen LogP contribution in [0.2, 0.25) is 0 Å². The van der Waals surface area contributed by atoms with Crippen molar-refractivity contribution in [2.45, 2.75) is 38.2 Å². The summed E-state index contributed by atoms with van der Waals surface area (Å²) < 4.78 is 5.75. The average molecular weight is 302 g/mol. The lowest BCUT2D eigenvalue weighted by Gasteiger charge is -2.36. The largest absolute Gasteiger partial charge is 0.477 e. The van der Waals surface area contributed by atoms with Crippen molar-refractivity contribution in [1.29, 1.82) is 0 Å². The van der Waals surface area contributed by atoms with Gasteiger partial charge in [-0.05, 0) is 25.0 Å². The molecule has 0 unspecified atom stereocenters. The van der Waals surface area contributed by atoms with Crippen molar-refractivity contribution in [1.82, 2.24) is 5.32 Å². The second-order valence-electron chi connectivity index (χ2n) is 5.97. The van der Waals surface area contributed by atoms with Crippen LogP contribution in [0.3, 0.4) is 0 Å². The molecule has 1 saturated carbocycles. The Balaban J connectivity index is 1.87. The number of carbonyl (C=O) groups excluding carboxylic acids is 2. The maximum absolute atomic E-state index is 12.9. The van der Waals surface area contributed by atoms with E-state index < -0.39 is 6.10 Å². The minimum absolute atomic E-state index is 0.0743. The van der Waals surface area contributed by atoms with Gasteiger partial charge in [0.2, 0.25) is 5.91 Å². The van der Waals surface area contributed by atoms with Crippen LogP contribution in [0, 0.1) is 5.92 Å². The van der Waals surface area contributed by atoms with E-state index in [4.69, 9.17) is 4.74 Å². The van der Waals surface area contributed by atoms with Crippen LogP contribution in [-0.4, -0.2) is 31.5 Å². The van der Waals surface area contributed by atoms with Crippen LogP contribution >= 0.6 is 0 Å². The third-order valence-electron chi connectivity index (χ3n) is 4.53. The molecule has 1 aliphatic heterocycles. The van der Waals surface area contributed by atoms with Gasteiger partial charge in [-0.15, -0.1) is 0 Å². The van der Waals surface area contributed by atoms with Crippen LogP contribution in [0.4, 0.5) is 5.69 Å². The first kappa shape index (κ1) is 14.9. The maximum Gasteiger partial charge on any atom is 0.262 e. The van der Waals surface area contributed by atoms with Crippen molar-refractivity contribution in [3.05, 3.63) is 24.3 Å². The Morgan fingerprint density at radius 1 is 1.18 bits per heavy atom. The molecule has 1 fully saturated rings. The molecule has 1 heterocycles. The Labute approximate surface area is 130 Å². The summed E-state index contributed by atoms with van der Waals surface area (Å²) in [5, 5.41) is 2.60. The van der Waals surface area contributed by atoms with E-state index in [9.17, 15) is 9.59 Å². The Morgan fingerprint density at radius 2 is 1.91 bits per heavy atom. The molecule has 0 aromatic heterocycles. The Kier molecular flexibility index (Phi) is 4.32. The number of rotatable bonds is 2. The van der Waals surface area contributed by atoms with E-state index in [1.54, 1.807) is 11.9 Å². The highest BCUT2D eigenvalue weighted by Crippen LogP contribution is 2.36. The van der Waals surface area contributed by atoms with E-state index in [2.05, 4.69) is 5.32 Å². The molecular formula is C17H22N2O3. The fourth-order valence-electron chi connectivity index (χ4n) is 3.31. The average Bonchev–Trinajstić information content (AvgIpc) is 2.60. The van der Waals surface area contributed by atoms with E-state index in [1.165, 1.54) is 6.42 Å². The van der Waals surface area contributed by atoms with Crippen molar-refractivity contribution >= 4 is 17.5 Å². The van der Waals surface area contributed by atoms with Crippen LogP contribution < -0.4 is 15.0 Å². The van der Waals surface area contributed by atoms with Gasteiger partial charge in [0.05, 0.1) is 12.2 Å². The molecule has 22 heavy (non-hydrogen) atoms. The predicted octanol–water partition coefficient (Wildman–Crippen LogP) is 2.11. The summed E-state index contributed by atoms with van der Waals surface area (Å²) in [4.78, 5) is 26.6. The van der Waals surface area contributed by atoms with Gasteiger partial charge in [-0.25, -0.2) is 0 Å². The molecule has 0 radical (unpaired) electrons. The summed E-state index contributed by atoms with van der Waals surface area (Å²) in [7, 11) is 1.58. The minimum atomic E-state index is -0.646. The number of hydrogen-bond acceptors (Lipinski definition) is 3. The molecule has 0 saturated heterocycles. The first-order chi connectivity index (χ1) is 10.7. The number of fused-ring (bicyclic) bond motifs is 1. The van der Waals surface area contributed by atoms with Crippen molar-refractivity contribution in [2.24, 2.45) is 5.92 Å². The minimum Gasteiger partial charge on any atom is -0.477 e. The molecule has 1 aliphatic carbocycles. The number of anilines is 1. The topological polar surface area (TPSA) is 58.6 Å². The second kappa shape index (κ2) is 6.38. The van der Waals surface area contributed by atoms with Gasteiger partial charge in [-0.1, -0.05) is 31.4 Å². The van der Waals surface area contributed by atoms with Gasteiger partial charge in [0.1, 0.15) is 5.75 Å². The molecule has 118 valence electrons. The first-order valence-electron chi connectivity index (χ1n) is 7.99. The highest BCUT2D eigenvalue weighted by atomic mass is 16.5. The van der Waals surface area contributed by atoms with Gasteiger partial charge < -0.3 is 15.0 Å². The molecule has 1 N–H and O–H groups in total. The number of para-hydroxylation sites is 2. The number of ether oxygens (including phenoxy) is 1. The lowest BCUT2D eigenvalue weighted by Crippen LogP contribution is -2.51. The summed E-state index contributed by atoms with van der Waals surface area (Å²) >= 11 is 0. The summed E-state index contributed by atoms with van der Waals surface area (Å²) in [5.41, 5.74) is 0.776. The van der Waals surface area contributed by atoms with Gasteiger partial charge in [0.15, 0.2) is 6.10 Å². The normalized spacial score (nSPS) is 21.7. The number of likely N-dealkylation sites (N-methyl/N-ethyl adjacent to an activating group) is 1. The number of nitrogens with zero attached hydrogens (tertiary/aromatic N) is 1. The fourth-order valence-corrected chi connectivity index (χ4v) is 3.31. The summed E-state index contributed by atoms with van der Waals surface area (Å²) in [6.45, 7) is 0.284. The predicted molar refractivity (Wildman–Crippen MR) is 83.9 cm³/mol. The Morgan fingerprint density at radius 3 is 2.64 bits per heavy atom. The second-order valence-corrected chi connectivity index (χ2v) is 5.97. The van der Waals surface area contributed by atoms with E-state index in [-0.39, 0.29) is 24.3 Å². The van der Waals surface area contributed by atoms with Crippen LogP contribution in [0.25, 0.3) is 0 Å². The molecule has 5 heteroatoms. The van der Waals surface area contributed by atoms with Crippen LogP contribution in [0.5, 0.6) is 5.75 Å². The maximum atomic E-state index is 12.9. The molecule has 0 spiro atoms. The number of carbonyl (C=O) groups is 2. The fraction of sp³-hybridized carbons (Fsp3) is 0.529. The van der Waals surface area contributed by atoms with Gasteiger partial charge in [-0.3, -0.25) is 9.59 Å². The van der Waals surface area contributed by atoms with Crippen LogP contribution in [-0.2, 0) is 9.59 Å². The summed E-state index contributed by atoms with van der Waals surface area (Å²) in [5.74, 6) is 0.608. The lowest BCUT2D eigenvalue weighted by molar-refractivity contribution is -0.128. The number of nitrogens with one attached hydrogen (secondary N) is 1. The number of benzene rings is 1. The zero-order valence-corrected chi connectivity index (χ0v) is 12.9. The first-order valence-corrected chi connectivity index (χ1v) is 7.99. The third kappa shape index (κ3) is 2.80. The van der Waals surface area contributed by atoms with Crippen molar-refractivity contribution in [2.75, 3.05) is 18.5 Å². The van der Waals surface area contributed by atoms with E-state index >= 15 is 0 Å². The van der Waals surface area contributed by atoms with Gasteiger partial charge in [0.25, 0.3) is 5.91 Å². The van der Waals surface area contributed by atoms with Crippen LogP contribution in [0.1, 0.15) is 32.1 Å². The zero-order chi connectivity index (χ0) is 15.5. The number of hydrogen-bond donors (Lipinski definition) is 1. The SMILES string of the molecule is CNC(=O)[C@@H]1CN(C(=O)C2CCCCC2)c2ccccc2O1. The molecule has 5 nitrogen and oxygen atoms in total. The van der Waals surface area contributed by atoms with Gasteiger partial charge in [-0.2, -0.15) is 0 Å². The van der Waals surface area contributed by atoms with Crippen LogP contribution in [0.15, 0.2) is 24.3 Å².